The Labute approximate surface area is 149 Å². The standard InChI is InChI=1S/C19H25NO3.ClH/c1-22-16-5-3-15(4-6-16)19(9-2-10-19)18(21)23-17-13-20-11-7-14(17)8-12-20;/h3-6,14,17H,2,7-13H2,1H3;1H. The van der Waals surface area contributed by atoms with Gasteiger partial charge in [0.1, 0.15) is 11.9 Å². The number of ether oxygens (including phenoxy) is 2. The van der Waals surface area contributed by atoms with Crippen LogP contribution in [0.3, 0.4) is 0 Å². The van der Waals surface area contributed by atoms with E-state index in [2.05, 4.69) is 4.90 Å². The Morgan fingerprint density at radius 2 is 1.83 bits per heavy atom. The maximum atomic E-state index is 13.0. The van der Waals surface area contributed by atoms with E-state index in [-0.39, 0.29) is 24.5 Å². The van der Waals surface area contributed by atoms with Crippen molar-refractivity contribution in [3.63, 3.8) is 0 Å². The number of carbonyl (C=O) groups excluding carboxylic acids is 1. The molecular weight excluding hydrogens is 326 g/mol. The molecule has 3 aliphatic heterocycles. The van der Waals surface area contributed by atoms with Gasteiger partial charge >= 0.3 is 5.97 Å². The number of nitrogens with zero attached hydrogens (tertiary/aromatic N) is 1. The lowest BCUT2D eigenvalue weighted by molar-refractivity contribution is -0.169. The van der Waals surface area contributed by atoms with Gasteiger partial charge in [0.05, 0.1) is 12.5 Å². The summed E-state index contributed by atoms with van der Waals surface area (Å²) in [5.41, 5.74) is 0.661. The number of esters is 1. The average molecular weight is 352 g/mol. The molecule has 4 fully saturated rings. The van der Waals surface area contributed by atoms with Crippen molar-refractivity contribution in [1.29, 1.82) is 0 Å². The second-order valence-electron chi connectivity index (χ2n) is 7.25. The molecule has 3 heterocycles. The topological polar surface area (TPSA) is 38.8 Å². The van der Waals surface area contributed by atoms with E-state index in [1.807, 2.05) is 24.3 Å². The van der Waals surface area contributed by atoms with E-state index in [9.17, 15) is 4.79 Å². The van der Waals surface area contributed by atoms with E-state index in [4.69, 9.17) is 9.47 Å². The summed E-state index contributed by atoms with van der Waals surface area (Å²) in [4.78, 5) is 15.4. The van der Waals surface area contributed by atoms with Crippen LogP contribution in [0, 0.1) is 5.92 Å². The lowest BCUT2D eigenvalue weighted by Crippen LogP contribution is -2.54. The van der Waals surface area contributed by atoms with Crippen molar-refractivity contribution in [1.82, 2.24) is 4.90 Å². The zero-order chi connectivity index (χ0) is 15.9. The largest absolute Gasteiger partial charge is 0.497 e. The molecule has 24 heavy (non-hydrogen) atoms. The molecule has 0 spiro atoms. The molecule has 0 amide bonds. The van der Waals surface area contributed by atoms with Crippen molar-refractivity contribution < 1.29 is 14.3 Å². The molecule has 2 bridgehead atoms. The number of methoxy groups -OCH3 is 1. The van der Waals surface area contributed by atoms with Crippen molar-refractivity contribution in [3.05, 3.63) is 29.8 Å². The fraction of sp³-hybridized carbons (Fsp3) is 0.632. The SMILES string of the molecule is COc1ccc(C2(C(=O)OC3CN4CCC3CC4)CCC2)cc1.Cl. The lowest BCUT2D eigenvalue weighted by atomic mass is 9.64. The molecule has 0 N–H and O–H groups in total. The third-order valence-corrected chi connectivity index (χ3v) is 6.10. The van der Waals surface area contributed by atoms with E-state index in [1.54, 1.807) is 7.11 Å². The molecule has 132 valence electrons. The molecule has 4 nitrogen and oxygen atoms in total. The highest BCUT2D eigenvalue weighted by Gasteiger charge is 2.49. The number of halogens is 1. The smallest absolute Gasteiger partial charge is 0.316 e. The Morgan fingerprint density at radius 1 is 1.17 bits per heavy atom. The molecule has 1 aliphatic carbocycles. The first-order valence-corrected chi connectivity index (χ1v) is 8.79. The summed E-state index contributed by atoms with van der Waals surface area (Å²) in [6.45, 7) is 3.26. The Morgan fingerprint density at radius 3 is 2.29 bits per heavy atom. The number of piperidine rings is 3. The first kappa shape index (κ1) is 17.6. The molecular formula is C19H26ClNO3. The minimum atomic E-state index is -0.418. The normalized spacial score (nSPS) is 30.0. The first-order chi connectivity index (χ1) is 11.2. The first-order valence-electron chi connectivity index (χ1n) is 8.79. The number of benzene rings is 1. The predicted molar refractivity (Wildman–Crippen MR) is 94.8 cm³/mol. The summed E-state index contributed by atoms with van der Waals surface area (Å²) >= 11 is 0. The molecule has 5 heteroatoms. The van der Waals surface area contributed by atoms with Gasteiger partial charge in [-0.3, -0.25) is 9.69 Å². The number of fused-ring (bicyclic) bond motifs is 3. The molecule has 1 saturated carbocycles. The maximum Gasteiger partial charge on any atom is 0.316 e. The van der Waals surface area contributed by atoms with Crippen LogP contribution in [0.4, 0.5) is 0 Å². The van der Waals surface area contributed by atoms with Crippen LogP contribution in [0.5, 0.6) is 5.75 Å². The average Bonchev–Trinajstić information content (AvgIpc) is 2.55. The van der Waals surface area contributed by atoms with E-state index in [1.165, 1.54) is 25.9 Å². The molecule has 1 aromatic rings. The van der Waals surface area contributed by atoms with Crippen LogP contribution < -0.4 is 4.74 Å². The second-order valence-corrected chi connectivity index (χ2v) is 7.25. The summed E-state index contributed by atoms with van der Waals surface area (Å²) < 4.78 is 11.3. The van der Waals surface area contributed by atoms with Gasteiger partial charge in [-0.05, 0) is 62.4 Å². The number of hydrogen-bond acceptors (Lipinski definition) is 4. The van der Waals surface area contributed by atoms with Gasteiger partial charge in [0, 0.05) is 6.54 Å². The summed E-state index contributed by atoms with van der Waals surface area (Å²) in [5.74, 6) is 1.39. The van der Waals surface area contributed by atoms with Crippen LogP contribution in [-0.2, 0) is 14.9 Å². The van der Waals surface area contributed by atoms with Crippen LogP contribution >= 0.6 is 12.4 Å². The van der Waals surface area contributed by atoms with Gasteiger partial charge in [0.25, 0.3) is 0 Å². The molecule has 3 saturated heterocycles. The van der Waals surface area contributed by atoms with Gasteiger partial charge in [-0.2, -0.15) is 0 Å². The fourth-order valence-corrected chi connectivity index (χ4v) is 4.35. The lowest BCUT2D eigenvalue weighted by Gasteiger charge is -2.46. The second kappa shape index (κ2) is 6.93. The van der Waals surface area contributed by atoms with Crippen molar-refractivity contribution in [2.24, 2.45) is 5.92 Å². The van der Waals surface area contributed by atoms with Crippen molar-refractivity contribution >= 4 is 18.4 Å². The third-order valence-electron chi connectivity index (χ3n) is 6.10. The molecule has 1 atom stereocenters. The van der Waals surface area contributed by atoms with Crippen LogP contribution in [0.25, 0.3) is 0 Å². The number of rotatable bonds is 4. The summed E-state index contributed by atoms with van der Waals surface area (Å²) in [6, 6.07) is 7.93. The van der Waals surface area contributed by atoms with Gasteiger partial charge in [-0.15, -0.1) is 12.4 Å². The Hall–Kier alpha value is -1.26. The monoisotopic (exact) mass is 351 g/mol. The number of carbonyl (C=O) groups is 1. The quantitative estimate of drug-likeness (QED) is 0.781. The maximum absolute atomic E-state index is 13.0. The molecule has 5 rings (SSSR count). The minimum Gasteiger partial charge on any atom is -0.497 e. The summed E-state index contributed by atoms with van der Waals surface area (Å²) in [6.07, 6.45) is 5.35. The molecule has 0 radical (unpaired) electrons. The Kier molecular flexibility index (Phi) is 5.07. The predicted octanol–water partition coefficient (Wildman–Crippen LogP) is 3.18. The van der Waals surface area contributed by atoms with Gasteiger partial charge < -0.3 is 9.47 Å². The van der Waals surface area contributed by atoms with Gasteiger partial charge in [0.15, 0.2) is 0 Å². The van der Waals surface area contributed by atoms with Crippen LogP contribution in [0.15, 0.2) is 24.3 Å². The highest BCUT2D eigenvalue weighted by atomic mass is 35.5. The highest BCUT2D eigenvalue weighted by Crippen LogP contribution is 2.46. The molecule has 0 aromatic heterocycles. The molecule has 1 aromatic carbocycles. The zero-order valence-electron chi connectivity index (χ0n) is 14.2. The number of hydrogen-bond donors (Lipinski definition) is 0. The summed E-state index contributed by atoms with van der Waals surface area (Å²) in [7, 11) is 1.66. The Balaban J connectivity index is 0.00000169. The van der Waals surface area contributed by atoms with Gasteiger partial charge in [-0.1, -0.05) is 18.6 Å². The van der Waals surface area contributed by atoms with Crippen LogP contribution in [0.2, 0.25) is 0 Å². The van der Waals surface area contributed by atoms with Crippen molar-refractivity contribution in [3.8, 4) is 5.75 Å². The third kappa shape index (κ3) is 2.91. The fourth-order valence-electron chi connectivity index (χ4n) is 4.35. The zero-order valence-corrected chi connectivity index (χ0v) is 15.0. The van der Waals surface area contributed by atoms with Gasteiger partial charge in [-0.25, -0.2) is 0 Å². The van der Waals surface area contributed by atoms with Crippen molar-refractivity contribution in [2.45, 2.75) is 43.6 Å². The van der Waals surface area contributed by atoms with E-state index in [0.29, 0.717) is 5.92 Å². The minimum absolute atomic E-state index is 0. The van der Waals surface area contributed by atoms with Gasteiger partial charge in [0.2, 0.25) is 0 Å². The highest BCUT2D eigenvalue weighted by molar-refractivity contribution is 5.85. The molecule has 4 aliphatic rings. The van der Waals surface area contributed by atoms with Crippen LogP contribution in [-0.4, -0.2) is 43.7 Å². The van der Waals surface area contributed by atoms with E-state index >= 15 is 0 Å². The summed E-state index contributed by atoms with van der Waals surface area (Å²) in [5, 5.41) is 0. The van der Waals surface area contributed by atoms with Crippen LogP contribution in [0.1, 0.15) is 37.7 Å². The molecule has 1 unspecified atom stereocenters. The van der Waals surface area contributed by atoms with Crippen molar-refractivity contribution in [2.75, 3.05) is 26.7 Å². The Bertz CT molecular complexity index is 577. The van der Waals surface area contributed by atoms with E-state index in [0.717, 1.165) is 37.1 Å². The van der Waals surface area contributed by atoms with E-state index < -0.39 is 5.41 Å².